The van der Waals surface area contributed by atoms with Crippen molar-refractivity contribution < 1.29 is 22.3 Å². The summed E-state index contributed by atoms with van der Waals surface area (Å²) in [5.41, 5.74) is 0.361. The molecule has 1 heterocycles. The Kier molecular flexibility index (Phi) is 4.16. The number of ether oxygens (including phenoxy) is 1. The molecule has 0 bridgehead atoms. The molecule has 0 saturated carbocycles. The van der Waals surface area contributed by atoms with Gasteiger partial charge in [0.1, 0.15) is 17.0 Å². The van der Waals surface area contributed by atoms with Crippen LogP contribution in [0.3, 0.4) is 0 Å². The number of benzene rings is 2. The van der Waals surface area contributed by atoms with Crippen LogP contribution in [-0.4, -0.2) is 11.2 Å². The van der Waals surface area contributed by atoms with E-state index < -0.39 is 11.7 Å². The number of thioether (sulfide) groups is 1. The summed E-state index contributed by atoms with van der Waals surface area (Å²) >= 11 is 7.23. The van der Waals surface area contributed by atoms with Gasteiger partial charge in [-0.25, -0.2) is 4.98 Å². The molecule has 0 atom stereocenters. The van der Waals surface area contributed by atoms with Gasteiger partial charge >= 0.3 is 6.18 Å². The third-order valence-electron chi connectivity index (χ3n) is 3.00. The quantitative estimate of drug-likeness (QED) is 0.536. The van der Waals surface area contributed by atoms with E-state index in [9.17, 15) is 13.2 Å². The van der Waals surface area contributed by atoms with Gasteiger partial charge in [0.2, 0.25) is 0 Å². The van der Waals surface area contributed by atoms with Gasteiger partial charge in [-0.2, -0.15) is 13.2 Å². The number of nitrogens with zero attached hydrogens (tertiary/aromatic N) is 1. The summed E-state index contributed by atoms with van der Waals surface area (Å²) in [7, 11) is 0. The van der Waals surface area contributed by atoms with E-state index in [0.29, 0.717) is 22.1 Å². The maximum absolute atomic E-state index is 12.6. The van der Waals surface area contributed by atoms with Gasteiger partial charge in [-0.3, -0.25) is 0 Å². The van der Waals surface area contributed by atoms with Gasteiger partial charge in [0, 0.05) is 6.07 Å². The van der Waals surface area contributed by atoms with E-state index in [4.69, 9.17) is 20.8 Å². The fraction of sp³-hybridized carbons (Fsp3) is 0.133. The lowest BCUT2D eigenvalue weighted by molar-refractivity contribution is -0.137. The van der Waals surface area contributed by atoms with Crippen molar-refractivity contribution in [3.05, 3.63) is 47.0 Å². The van der Waals surface area contributed by atoms with Gasteiger partial charge in [-0.1, -0.05) is 23.4 Å². The van der Waals surface area contributed by atoms with Crippen LogP contribution in [0.5, 0.6) is 11.5 Å². The second kappa shape index (κ2) is 5.98. The van der Waals surface area contributed by atoms with E-state index in [-0.39, 0.29) is 10.8 Å². The molecule has 0 aliphatic carbocycles. The lowest BCUT2D eigenvalue weighted by atomic mass is 10.2. The van der Waals surface area contributed by atoms with E-state index in [1.807, 2.05) is 6.26 Å². The molecule has 120 valence electrons. The average Bonchev–Trinajstić information content (AvgIpc) is 2.90. The normalized spacial score (nSPS) is 11.9. The van der Waals surface area contributed by atoms with Crippen molar-refractivity contribution in [2.24, 2.45) is 0 Å². The zero-order valence-corrected chi connectivity index (χ0v) is 13.2. The molecule has 3 aromatic rings. The van der Waals surface area contributed by atoms with Crippen LogP contribution in [0.2, 0.25) is 5.02 Å². The van der Waals surface area contributed by atoms with Crippen molar-refractivity contribution in [2.75, 3.05) is 6.26 Å². The number of hydrogen-bond acceptors (Lipinski definition) is 4. The number of fused-ring (bicyclic) bond motifs is 1. The van der Waals surface area contributed by atoms with Gasteiger partial charge in [0.05, 0.1) is 10.6 Å². The summed E-state index contributed by atoms with van der Waals surface area (Å²) < 4.78 is 48.9. The Hall–Kier alpha value is -1.86. The number of aromatic nitrogens is 1. The minimum atomic E-state index is -4.45. The monoisotopic (exact) mass is 359 g/mol. The highest BCUT2D eigenvalue weighted by Gasteiger charge is 2.31. The van der Waals surface area contributed by atoms with E-state index in [1.54, 1.807) is 18.2 Å². The summed E-state index contributed by atoms with van der Waals surface area (Å²) in [4.78, 5) is 4.23. The van der Waals surface area contributed by atoms with Crippen molar-refractivity contribution in [2.45, 2.75) is 11.4 Å². The highest BCUT2D eigenvalue weighted by atomic mass is 35.5. The molecule has 0 aliphatic heterocycles. The minimum Gasteiger partial charge on any atom is -0.456 e. The molecule has 8 heteroatoms. The molecular formula is C15H9ClF3NO2S. The third kappa shape index (κ3) is 3.40. The molecule has 2 aromatic carbocycles. The molecule has 23 heavy (non-hydrogen) atoms. The molecule has 0 unspecified atom stereocenters. The predicted molar refractivity (Wildman–Crippen MR) is 82.3 cm³/mol. The second-order valence-electron chi connectivity index (χ2n) is 4.56. The topological polar surface area (TPSA) is 35.3 Å². The molecule has 0 amide bonds. The first-order valence-electron chi connectivity index (χ1n) is 6.36. The number of halogens is 4. The fourth-order valence-corrected chi connectivity index (χ4v) is 2.50. The Morgan fingerprint density at radius 2 is 1.96 bits per heavy atom. The smallest absolute Gasteiger partial charge is 0.416 e. The zero-order valence-electron chi connectivity index (χ0n) is 11.6. The third-order valence-corrected chi connectivity index (χ3v) is 3.82. The van der Waals surface area contributed by atoms with Gasteiger partial charge in [0.25, 0.3) is 5.22 Å². The summed E-state index contributed by atoms with van der Waals surface area (Å²) in [5, 5.41) is 0.395. The Morgan fingerprint density at radius 3 is 2.61 bits per heavy atom. The van der Waals surface area contributed by atoms with E-state index >= 15 is 0 Å². The largest absolute Gasteiger partial charge is 0.456 e. The Bertz CT molecular complexity index is 864. The summed E-state index contributed by atoms with van der Waals surface area (Å²) in [6, 6.07) is 7.88. The Morgan fingerprint density at radius 1 is 1.17 bits per heavy atom. The van der Waals surface area contributed by atoms with Crippen molar-refractivity contribution in [1.82, 2.24) is 4.98 Å². The number of hydrogen-bond donors (Lipinski definition) is 0. The highest BCUT2D eigenvalue weighted by Crippen LogP contribution is 2.37. The Labute approximate surface area is 138 Å². The van der Waals surface area contributed by atoms with Crippen LogP contribution in [-0.2, 0) is 6.18 Å². The average molecular weight is 360 g/mol. The van der Waals surface area contributed by atoms with Crippen LogP contribution in [0.4, 0.5) is 13.2 Å². The second-order valence-corrected chi connectivity index (χ2v) is 5.72. The first kappa shape index (κ1) is 16.0. The Balaban J connectivity index is 1.89. The van der Waals surface area contributed by atoms with Crippen LogP contribution in [0, 0.1) is 0 Å². The van der Waals surface area contributed by atoms with Crippen LogP contribution in [0.1, 0.15) is 5.56 Å². The van der Waals surface area contributed by atoms with Crippen molar-refractivity contribution >= 4 is 34.5 Å². The molecule has 3 rings (SSSR count). The molecule has 1 aromatic heterocycles. The van der Waals surface area contributed by atoms with Crippen LogP contribution < -0.4 is 4.74 Å². The molecule has 0 spiro atoms. The van der Waals surface area contributed by atoms with Gasteiger partial charge in [-0.15, -0.1) is 0 Å². The summed E-state index contributed by atoms with van der Waals surface area (Å²) in [5.74, 6) is 0.520. The van der Waals surface area contributed by atoms with Crippen molar-refractivity contribution in [3.8, 4) is 11.5 Å². The number of rotatable bonds is 3. The predicted octanol–water partition coefficient (Wildman–Crippen LogP) is 6.01. The molecule has 0 aliphatic rings. The minimum absolute atomic E-state index is 0.123. The standard InChI is InChI=1S/C15H9ClF3NO2S/c1-23-14-20-11-4-3-9(7-13(11)22-14)21-12-5-2-8(6-10(12)16)15(17,18)19/h2-7H,1H3. The summed E-state index contributed by atoms with van der Waals surface area (Å²) in [6.07, 6.45) is -2.61. The van der Waals surface area contributed by atoms with E-state index in [1.165, 1.54) is 17.8 Å². The molecule has 0 saturated heterocycles. The van der Waals surface area contributed by atoms with Gasteiger partial charge < -0.3 is 9.15 Å². The maximum Gasteiger partial charge on any atom is 0.416 e. The molecule has 3 nitrogen and oxygen atoms in total. The van der Waals surface area contributed by atoms with Crippen LogP contribution >= 0.6 is 23.4 Å². The van der Waals surface area contributed by atoms with Crippen molar-refractivity contribution in [1.29, 1.82) is 0 Å². The SMILES string of the molecule is CSc1nc2ccc(Oc3ccc(C(F)(F)F)cc3Cl)cc2o1. The molecule has 0 N–H and O–H groups in total. The highest BCUT2D eigenvalue weighted by molar-refractivity contribution is 7.98. The van der Waals surface area contributed by atoms with E-state index in [0.717, 1.165) is 12.1 Å². The lowest BCUT2D eigenvalue weighted by Crippen LogP contribution is -2.04. The van der Waals surface area contributed by atoms with E-state index in [2.05, 4.69) is 4.98 Å². The first-order valence-corrected chi connectivity index (χ1v) is 7.96. The fourth-order valence-electron chi connectivity index (χ4n) is 1.92. The molecular weight excluding hydrogens is 351 g/mol. The number of alkyl halides is 3. The van der Waals surface area contributed by atoms with Gasteiger partial charge in [-0.05, 0) is 36.6 Å². The lowest BCUT2D eigenvalue weighted by Gasteiger charge is -2.11. The van der Waals surface area contributed by atoms with Crippen molar-refractivity contribution in [3.63, 3.8) is 0 Å². The van der Waals surface area contributed by atoms with Crippen LogP contribution in [0.25, 0.3) is 11.1 Å². The maximum atomic E-state index is 12.6. The number of oxazole rings is 1. The summed E-state index contributed by atoms with van der Waals surface area (Å²) in [6.45, 7) is 0. The zero-order chi connectivity index (χ0) is 16.6. The van der Waals surface area contributed by atoms with Gasteiger partial charge in [0.15, 0.2) is 5.58 Å². The molecule has 0 radical (unpaired) electrons. The first-order chi connectivity index (χ1) is 10.9. The van der Waals surface area contributed by atoms with Crippen LogP contribution in [0.15, 0.2) is 46.0 Å². The molecule has 0 fully saturated rings.